The fraction of sp³-hybridized carbons (Fsp3) is 0.688. The lowest BCUT2D eigenvalue weighted by molar-refractivity contribution is -0.157. The fourth-order valence-electron chi connectivity index (χ4n) is 6.87. The van der Waals surface area contributed by atoms with Gasteiger partial charge in [-0.05, 0) is 84.6 Å². The molecule has 2 bridgehead atoms. The van der Waals surface area contributed by atoms with E-state index in [2.05, 4.69) is 13.8 Å². The van der Waals surface area contributed by atoms with Gasteiger partial charge in [0.05, 0.1) is 18.9 Å². The number of hydrogen-bond donors (Lipinski definition) is 0. The van der Waals surface area contributed by atoms with Crippen LogP contribution in [-0.2, 0) is 23.9 Å². The number of rotatable bonds is 9. The maximum absolute atomic E-state index is 14.5. The van der Waals surface area contributed by atoms with Crippen LogP contribution in [0.25, 0.3) is 0 Å². The number of aliphatic imine (C=N–C) groups is 1. The molecule has 216 valence electrons. The van der Waals surface area contributed by atoms with Gasteiger partial charge in [-0.25, -0.2) is 4.79 Å². The summed E-state index contributed by atoms with van der Waals surface area (Å²) < 4.78 is 10.9. The van der Waals surface area contributed by atoms with Gasteiger partial charge in [0, 0.05) is 23.7 Å². The van der Waals surface area contributed by atoms with Crippen molar-refractivity contribution in [1.82, 2.24) is 4.90 Å². The molecular formula is C32H48N2O5. The maximum atomic E-state index is 14.5. The Kier molecular flexibility index (Phi) is 9.03. The van der Waals surface area contributed by atoms with Gasteiger partial charge in [-0.15, -0.1) is 0 Å². The van der Waals surface area contributed by atoms with Crippen LogP contribution in [0.2, 0.25) is 0 Å². The topological polar surface area (TPSA) is 85.3 Å². The first-order chi connectivity index (χ1) is 18.1. The number of fused-ring (bicyclic) bond motifs is 2. The van der Waals surface area contributed by atoms with Crippen molar-refractivity contribution in [3.05, 3.63) is 35.9 Å². The van der Waals surface area contributed by atoms with E-state index in [-0.39, 0.29) is 35.7 Å². The molecule has 7 nitrogen and oxygen atoms in total. The molecule has 39 heavy (non-hydrogen) atoms. The van der Waals surface area contributed by atoms with Gasteiger partial charge in [-0.2, -0.15) is 0 Å². The summed E-state index contributed by atoms with van der Waals surface area (Å²) in [5, 5.41) is 0. The van der Waals surface area contributed by atoms with Crippen LogP contribution in [-0.4, -0.2) is 59.3 Å². The van der Waals surface area contributed by atoms with Gasteiger partial charge in [0.1, 0.15) is 5.60 Å². The summed E-state index contributed by atoms with van der Waals surface area (Å²) in [5.41, 5.74) is -0.290. The van der Waals surface area contributed by atoms with E-state index in [1.807, 2.05) is 83.7 Å². The molecule has 0 aliphatic heterocycles. The molecule has 0 heterocycles. The molecule has 0 spiro atoms. The number of nitrogens with zero attached hydrogens (tertiary/aromatic N) is 2. The summed E-state index contributed by atoms with van der Waals surface area (Å²) in [5.74, 6) is -1.15. The van der Waals surface area contributed by atoms with Gasteiger partial charge in [0.2, 0.25) is 5.91 Å². The molecule has 0 radical (unpaired) electrons. The van der Waals surface area contributed by atoms with E-state index in [9.17, 15) is 14.4 Å². The second kappa shape index (κ2) is 11.4. The third kappa shape index (κ3) is 5.92. The van der Waals surface area contributed by atoms with E-state index in [0.29, 0.717) is 12.8 Å². The quantitative estimate of drug-likeness (QED) is 0.361. The van der Waals surface area contributed by atoms with E-state index in [0.717, 1.165) is 17.7 Å². The van der Waals surface area contributed by atoms with E-state index >= 15 is 0 Å². The Hall–Kier alpha value is -2.70. The van der Waals surface area contributed by atoms with Crippen molar-refractivity contribution in [2.45, 2.75) is 118 Å². The van der Waals surface area contributed by atoms with Crippen LogP contribution in [0.3, 0.4) is 0 Å². The molecule has 2 aliphatic carbocycles. The predicted molar refractivity (Wildman–Crippen MR) is 154 cm³/mol. The Labute approximate surface area is 234 Å². The van der Waals surface area contributed by atoms with Crippen molar-refractivity contribution in [3.63, 3.8) is 0 Å². The standard InChI is InChI=1S/C32H48N2O5/c1-20(2)34(21(3)4)29(37)32-17-16-23(31(32,8)9)18-25(32)33-27(28(36)39-30(5,6)7)24(19-26(35)38-10)22-14-12-11-13-15-22/h11-15,20-21,23-24,27H,16-19H2,1-10H3/t23-,24-,27-,32+/m1/s1. The van der Waals surface area contributed by atoms with Gasteiger partial charge < -0.3 is 14.4 Å². The average Bonchev–Trinajstić information content (AvgIpc) is 3.22. The first kappa shape index (κ1) is 30.8. The van der Waals surface area contributed by atoms with Gasteiger partial charge in [-0.3, -0.25) is 14.6 Å². The molecule has 0 unspecified atom stereocenters. The second-order valence-electron chi connectivity index (χ2n) is 13.3. The largest absolute Gasteiger partial charge is 0.469 e. The number of benzene rings is 1. The minimum Gasteiger partial charge on any atom is -0.469 e. The zero-order chi connectivity index (χ0) is 29.3. The lowest BCUT2D eigenvalue weighted by Crippen LogP contribution is -2.55. The summed E-state index contributed by atoms with van der Waals surface area (Å²) in [6, 6.07) is 8.52. The number of ether oxygens (including phenoxy) is 2. The molecular weight excluding hydrogens is 492 g/mol. The fourth-order valence-corrected chi connectivity index (χ4v) is 6.87. The molecule has 4 atom stereocenters. The molecule has 2 saturated carbocycles. The lowest BCUT2D eigenvalue weighted by atomic mass is 9.67. The van der Waals surface area contributed by atoms with E-state index in [1.54, 1.807) is 0 Å². The van der Waals surface area contributed by atoms with Gasteiger partial charge in [-0.1, -0.05) is 44.2 Å². The average molecular weight is 541 g/mol. The molecule has 1 amide bonds. The van der Waals surface area contributed by atoms with E-state index in [4.69, 9.17) is 14.5 Å². The van der Waals surface area contributed by atoms with Crippen molar-refractivity contribution >= 4 is 23.6 Å². The Morgan fingerprint density at radius 1 is 1.05 bits per heavy atom. The number of esters is 2. The molecule has 2 fully saturated rings. The smallest absolute Gasteiger partial charge is 0.332 e. The highest BCUT2D eigenvalue weighted by Gasteiger charge is 2.67. The molecule has 1 aromatic carbocycles. The number of hydrogen-bond acceptors (Lipinski definition) is 6. The molecule has 0 N–H and O–H groups in total. The highest BCUT2D eigenvalue weighted by atomic mass is 16.6. The number of amides is 1. The summed E-state index contributed by atoms with van der Waals surface area (Å²) in [7, 11) is 1.34. The van der Waals surface area contributed by atoms with Crippen LogP contribution >= 0.6 is 0 Å². The molecule has 1 aromatic rings. The summed E-state index contributed by atoms with van der Waals surface area (Å²) >= 11 is 0. The summed E-state index contributed by atoms with van der Waals surface area (Å²) in [6.07, 6.45) is 2.27. The summed E-state index contributed by atoms with van der Waals surface area (Å²) in [6.45, 7) is 18.0. The van der Waals surface area contributed by atoms with Crippen LogP contribution in [0.4, 0.5) is 0 Å². The van der Waals surface area contributed by atoms with Crippen molar-refractivity contribution in [2.24, 2.45) is 21.7 Å². The normalized spacial score (nSPS) is 24.6. The second-order valence-corrected chi connectivity index (χ2v) is 13.3. The highest BCUT2D eigenvalue weighted by molar-refractivity contribution is 6.12. The SMILES string of the molecule is COC(=O)C[C@H](c1ccccc1)[C@@H](N=C1C[C@H]2CC[C@]1(C(=O)N(C(C)C)C(C)C)C2(C)C)C(=O)OC(C)(C)C. The van der Waals surface area contributed by atoms with E-state index < -0.39 is 34.9 Å². The first-order valence-corrected chi connectivity index (χ1v) is 14.3. The number of carbonyl (C=O) groups excluding carboxylic acids is 3. The zero-order valence-corrected chi connectivity index (χ0v) is 25.5. The first-order valence-electron chi connectivity index (χ1n) is 14.3. The third-order valence-corrected chi connectivity index (χ3v) is 8.80. The third-order valence-electron chi connectivity index (χ3n) is 8.80. The minimum absolute atomic E-state index is 0.0287. The predicted octanol–water partition coefficient (Wildman–Crippen LogP) is 5.96. The van der Waals surface area contributed by atoms with Gasteiger partial charge in [0.25, 0.3) is 0 Å². The maximum Gasteiger partial charge on any atom is 0.332 e. The molecule has 0 saturated heterocycles. The van der Waals surface area contributed by atoms with Crippen LogP contribution in [0.1, 0.15) is 99.5 Å². The van der Waals surface area contributed by atoms with Crippen molar-refractivity contribution in [1.29, 1.82) is 0 Å². The van der Waals surface area contributed by atoms with Crippen LogP contribution < -0.4 is 0 Å². The summed E-state index contributed by atoms with van der Waals surface area (Å²) in [4.78, 5) is 48.1. The molecule has 2 aliphatic rings. The molecule has 7 heteroatoms. The van der Waals surface area contributed by atoms with Crippen LogP contribution in [0.15, 0.2) is 35.3 Å². The number of carbonyl (C=O) groups is 3. The Balaban J connectivity index is 2.22. The lowest BCUT2D eigenvalue weighted by Gasteiger charge is -2.44. The molecule has 3 rings (SSSR count). The Bertz CT molecular complexity index is 1080. The van der Waals surface area contributed by atoms with Crippen molar-refractivity contribution in [2.75, 3.05) is 7.11 Å². The monoisotopic (exact) mass is 540 g/mol. The van der Waals surface area contributed by atoms with E-state index in [1.165, 1.54) is 7.11 Å². The Morgan fingerprint density at radius 3 is 2.13 bits per heavy atom. The van der Waals surface area contributed by atoms with Crippen molar-refractivity contribution < 1.29 is 23.9 Å². The number of methoxy groups -OCH3 is 1. The highest BCUT2D eigenvalue weighted by Crippen LogP contribution is 2.65. The Morgan fingerprint density at radius 2 is 1.64 bits per heavy atom. The van der Waals surface area contributed by atoms with Crippen LogP contribution in [0.5, 0.6) is 0 Å². The molecule has 0 aromatic heterocycles. The van der Waals surface area contributed by atoms with Gasteiger partial charge in [0.15, 0.2) is 6.04 Å². The van der Waals surface area contributed by atoms with Crippen molar-refractivity contribution in [3.8, 4) is 0 Å². The van der Waals surface area contributed by atoms with Crippen LogP contribution in [0, 0.1) is 16.7 Å². The zero-order valence-electron chi connectivity index (χ0n) is 25.5. The van der Waals surface area contributed by atoms with Gasteiger partial charge >= 0.3 is 11.9 Å². The minimum atomic E-state index is -0.993.